The molecule has 1 saturated carbocycles. The van der Waals surface area contributed by atoms with Crippen LogP contribution in [-0.2, 0) is 9.53 Å². The maximum Gasteiger partial charge on any atom is 0.410 e. The maximum atomic E-state index is 12.0. The fourth-order valence-electron chi connectivity index (χ4n) is 3.10. The van der Waals surface area contributed by atoms with Gasteiger partial charge in [-0.05, 0) is 45.4 Å². The van der Waals surface area contributed by atoms with Gasteiger partial charge >= 0.3 is 12.1 Å². The Morgan fingerprint density at radius 3 is 2.06 bits per heavy atom. The summed E-state index contributed by atoms with van der Waals surface area (Å²) in [5.74, 6) is -0.808. The predicted molar refractivity (Wildman–Crippen MR) is 65.1 cm³/mol. The zero-order chi connectivity index (χ0) is 13.5. The van der Waals surface area contributed by atoms with Crippen LogP contribution >= 0.6 is 0 Å². The average molecular weight is 255 g/mol. The minimum Gasteiger partial charge on any atom is -0.481 e. The van der Waals surface area contributed by atoms with Gasteiger partial charge in [-0.2, -0.15) is 0 Å². The summed E-state index contributed by atoms with van der Waals surface area (Å²) in [6, 6.07) is 0. The first-order valence-corrected chi connectivity index (χ1v) is 6.48. The van der Waals surface area contributed by atoms with Gasteiger partial charge in [-0.3, -0.25) is 4.79 Å². The van der Waals surface area contributed by atoms with E-state index in [2.05, 4.69) is 0 Å². The predicted octanol–water partition coefficient (Wildman–Crippen LogP) is 1.96. The third-order valence-corrected chi connectivity index (χ3v) is 3.77. The van der Waals surface area contributed by atoms with Crippen molar-refractivity contribution in [3.8, 4) is 0 Å². The Bertz CT molecular complexity index is 346. The van der Waals surface area contributed by atoms with Crippen molar-refractivity contribution >= 4 is 12.1 Å². The second-order valence-corrected chi connectivity index (χ2v) is 6.35. The number of amides is 1. The van der Waals surface area contributed by atoms with Crippen LogP contribution in [0.25, 0.3) is 0 Å². The minimum absolute atomic E-state index is 0.0915. The van der Waals surface area contributed by atoms with Crippen LogP contribution in [0.15, 0.2) is 0 Å². The molecule has 0 aromatic heterocycles. The fraction of sp³-hybridized carbons (Fsp3) is 0.846. The molecule has 5 nitrogen and oxygen atoms in total. The molecular weight excluding hydrogens is 234 g/mol. The molecule has 5 heteroatoms. The van der Waals surface area contributed by atoms with Crippen molar-refractivity contribution in [2.75, 3.05) is 13.1 Å². The summed E-state index contributed by atoms with van der Waals surface area (Å²) < 4.78 is 5.34. The van der Waals surface area contributed by atoms with Gasteiger partial charge in [0.1, 0.15) is 5.60 Å². The van der Waals surface area contributed by atoms with Crippen LogP contribution < -0.4 is 0 Å². The highest BCUT2D eigenvalue weighted by Crippen LogP contribution is 2.42. The number of carboxylic acids is 1. The van der Waals surface area contributed by atoms with Crippen molar-refractivity contribution in [3.05, 3.63) is 0 Å². The van der Waals surface area contributed by atoms with E-state index in [1.54, 1.807) is 4.90 Å². The van der Waals surface area contributed by atoms with Crippen molar-refractivity contribution < 1.29 is 19.4 Å². The number of hydrogen-bond donors (Lipinski definition) is 1. The molecule has 2 atom stereocenters. The van der Waals surface area contributed by atoms with Crippen molar-refractivity contribution in [3.63, 3.8) is 0 Å². The normalized spacial score (nSPS) is 31.3. The van der Waals surface area contributed by atoms with Crippen molar-refractivity contribution in [1.82, 2.24) is 4.90 Å². The van der Waals surface area contributed by atoms with Gasteiger partial charge in [0.15, 0.2) is 0 Å². The summed E-state index contributed by atoms with van der Waals surface area (Å²) in [6.45, 7) is 6.54. The van der Waals surface area contributed by atoms with Crippen molar-refractivity contribution in [2.45, 2.75) is 39.2 Å². The molecule has 2 bridgehead atoms. The van der Waals surface area contributed by atoms with E-state index in [0.717, 1.165) is 12.8 Å². The van der Waals surface area contributed by atoms with Crippen LogP contribution in [0.1, 0.15) is 33.6 Å². The molecule has 2 fully saturated rings. The largest absolute Gasteiger partial charge is 0.481 e. The Morgan fingerprint density at radius 1 is 1.17 bits per heavy atom. The standard InChI is InChI=1S/C13H21NO4/c1-13(2,3)18-12(17)14-6-8-4-5-9(7-14)10(8)11(15)16/h8-10H,4-7H2,1-3H3,(H,15,16)/t8-,9-/m0/s1. The van der Waals surface area contributed by atoms with E-state index in [1.807, 2.05) is 20.8 Å². The van der Waals surface area contributed by atoms with E-state index >= 15 is 0 Å². The lowest BCUT2D eigenvalue weighted by atomic mass is 9.85. The van der Waals surface area contributed by atoms with Crippen LogP contribution in [-0.4, -0.2) is 40.8 Å². The van der Waals surface area contributed by atoms with Crippen LogP contribution in [0.5, 0.6) is 0 Å². The Kier molecular flexibility index (Phi) is 3.25. The Hall–Kier alpha value is -1.26. The van der Waals surface area contributed by atoms with Gasteiger partial charge in [0.25, 0.3) is 0 Å². The number of nitrogens with zero attached hydrogens (tertiary/aromatic N) is 1. The number of likely N-dealkylation sites (tertiary alicyclic amines) is 1. The Morgan fingerprint density at radius 2 is 1.67 bits per heavy atom. The quantitative estimate of drug-likeness (QED) is 0.777. The SMILES string of the molecule is CC(C)(C)OC(=O)N1C[C@@H]2CC[C@@H](C1)C2C(=O)O. The summed E-state index contributed by atoms with van der Waals surface area (Å²) >= 11 is 0. The molecule has 0 unspecified atom stereocenters. The number of carbonyl (C=O) groups excluding carboxylic acids is 1. The first-order valence-electron chi connectivity index (χ1n) is 6.48. The van der Waals surface area contributed by atoms with E-state index in [9.17, 15) is 14.7 Å². The molecule has 1 N–H and O–H groups in total. The van der Waals surface area contributed by atoms with Gasteiger partial charge in [-0.15, -0.1) is 0 Å². The number of ether oxygens (including phenoxy) is 1. The molecule has 2 aliphatic rings. The summed E-state index contributed by atoms with van der Waals surface area (Å²) in [5.41, 5.74) is -0.500. The number of hydrogen-bond acceptors (Lipinski definition) is 3. The van der Waals surface area contributed by atoms with Gasteiger partial charge < -0.3 is 14.7 Å². The zero-order valence-corrected chi connectivity index (χ0v) is 11.2. The first-order chi connectivity index (χ1) is 8.28. The highest BCUT2D eigenvalue weighted by molar-refractivity contribution is 5.73. The topological polar surface area (TPSA) is 66.8 Å². The number of carboxylic acid groups (broad SMARTS) is 1. The molecule has 1 heterocycles. The van der Waals surface area contributed by atoms with Crippen LogP contribution in [0.4, 0.5) is 4.79 Å². The second kappa shape index (κ2) is 4.44. The lowest BCUT2D eigenvalue weighted by Gasteiger charge is -2.36. The zero-order valence-electron chi connectivity index (χ0n) is 11.2. The third-order valence-electron chi connectivity index (χ3n) is 3.77. The molecule has 1 aliphatic carbocycles. The Balaban J connectivity index is 2.00. The molecule has 18 heavy (non-hydrogen) atoms. The van der Waals surface area contributed by atoms with E-state index in [0.29, 0.717) is 13.1 Å². The first kappa shape index (κ1) is 13.2. The molecular formula is C13H21NO4. The fourth-order valence-corrected chi connectivity index (χ4v) is 3.10. The van der Waals surface area contributed by atoms with Gasteiger partial charge in [-0.25, -0.2) is 4.79 Å². The molecule has 1 amide bonds. The van der Waals surface area contributed by atoms with Crippen LogP contribution in [0, 0.1) is 17.8 Å². The number of carbonyl (C=O) groups is 2. The molecule has 2 rings (SSSR count). The number of rotatable bonds is 1. The van der Waals surface area contributed by atoms with Crippen molar-refractivity contribution in [2.24, 2.45) is 17.8 Å². The van der Waals surface area contributed by atoms with Gasteiger partial charge in [0.05, 0.1) is 5.92 Å². The summed E-state index contributed by atoms with van der Waals surface area (Å²) in [5, 5.41) is 9.20. The average Bonchev–Trinajstić information content (AvgIpc) is 2.47. The Labute approximate surface area is 107 Å². The monoisotopic (exact) mass is 255 g/mol. The smallest absolute Gasteiger partial charge is 0.410 e. The summed E-state index contributed by atoms with van der Waals surface area (Å²) in [4.78, 5) is 24.8. The number of fused-ring (bicyclic) bond motifs is 2. The molecule has 102 valence electrons. The number of aliphatic carboxylic acids is 1. The molecule has 0 aromatic rings. The van der Waals surface area contributed by atoms with E-state index in [1.165, 1.54) is 0 Å². The van der Waals surface area contributed by atoms with E-state index in [-0.39, 0.29) is 23.8 Å². The minimum atomic E-state index is -0.716. The van der Waals surface area contributed by atoms with Gasteiger partial charge in [-0.1, -0.05) is 0 Å². The lowest BCUT2D eigenvalue weighted by molar-refractivity contribution is -0.146. The third kappa shape index (κ3) is 2.60. The van der Waals surface area contributed by atoms with Crippen molar-refractivity contribution in [1.29, 1.82) is 0 Å². The van der Waals surface area contributed by atoms with E-state index in [4.69, 9.17) is 4.74 Å². The van der Waals surface area contributed by atoms with Crippen LogP contribution in [0.3, 0.4) is 0 Å². The lowest BCUT2D eigenvalue weighted by Crippen LogP contribution is -2.48. The molecule has 1 aliphatic heterocycles. The van der Waals surface area contributed by atoms with Crippen LogP contribution in [0.2, 0.25) is 0 Å². The molecule has 0 aromatic carbocycles. The molecule has 0 spiro atoms. The molecule has 1 saturated heterocycles. The number of piperidine rings is 1. The molecule has 0 radical (unpaired) electrons. The second-order valence-electron chi connectivity index (χ2n) is 6.35. The van der Waals surface area contributed by atoms with Gasteiger partial charge in [0, 0.05) is 13.1 Å². The highest BCUT2D eigenvalue weighted by Gasteiger charge is 2.47. The summed E-state index contributed by atoms with van der Waals surface area (Å²) in [7, 11) is 0. The van der Waals surface area contributed by atoms with Gasteiger partial charge in [0.2, 0.25) is 0 Å². The van der Waals surface area contributed by atoms with E-state index < -0.39 is 11.6 Å². The summed E-state index contributed by atoms with van der Waals surface area (Å²) in [6.07, 6.45) is 1.49. The maximum absolute atomic E-state index is 12.0. The highest BCUT2D eigenvalue weighted by atomic mass is 16.6.